The predicted octanol–water partition coefficient (Wildman–Crippen LogP) is 8.91. The van der Waals surface area contributed by atoms with Crippen LogP contribution in [-0.2, 0) is 0 Å². The second-order valence-corrected chi connectivity index (χ2v) is 9.51. The van der Waals surface area contributed by atoms with E-state index in [0.29, 0.717) is 26.4 Å². The summed E-state index contributed by atoms with van der Waals surface area (Å²) in [6.45, 7) is 17.0. The Balaban J connectivity index is 2.08. The highest BCUT2D eigenvalue weighted by Crippen LogP contribution is 2.51. The Morgan fingerprint density at radius 1 is 0.381 bits per heavy atom. The van der Waals surface area contributed by atoms with Crippen LogP contribution in [0, 0.1) is 0 Å². The van der Waals surface area contributed by atoms with Crippen LogP contribution in [0.2, 0.25) is 0 Å². The van der Waals surface area contributed by atoms with Crippen LogP contribution in [0.25, 0.3) is 0 Å². The molecule has 0 spiro atoms. The van der Waals surface area contributed by atoms with Crippen LogP contribution >= 0.6 is 0 Å². The van der Waals surface area contributed by atoms with Crippen LogP contribution in [-0.4, -0.2) is 26.4 Å². The maximum absolute atomic E-state index is 6.26. The van der Waals surface area contributed by atoms with Gasteiger partial charge in [-0.05, 0) is 24.3 Å². The van der Waals surface area contributed by atoms with Gasteiger partial charge < -0.3 is 18.9 Å². The first-order valence-electron chi connectivity index (χ1n) is 14.0. The van der Waals surface area contributed by atoms with Gasteiger partial charge in [0.2, 0.25) is 0 Å². The summed E-state index contributed by atoms with van der Waals surface area (Å²) < 4.78 is 25.0. The monoisotopic (exact) mass is 558 g/mol. The van der Waals surface area contributed by atoms with Crippen molar-refractivity contribution in [3.8, 4) is 23.0 Å². The minimum atomic E-state index is -0.269. The molecule has 4 rings (SSSR count). The van der Waals surface area contributed by atoms with Crippen LogP contribution in [0.4, 0.5) is 0 Å². The number of benzene rings is 4. The van der Waals surface area contributed by atoms with Gasteiger partial charge in [-0.3, -0.25) is 0 Å². The molecule has 0 radical (unpaired) electrons. The molecule has 0 saturated heterocycles. The van der Waals surface area contributed by atoms with E-state index in [9.17, 15) is 0 Å². The van der Waals surface area contributed by atoms with Gasteiger partial charge in [-0.2, -0.15) is 0 Å². The molecule has 0 atom stereocenters. The number of rotatable bonds is 17. The van der Waals surface area contributed by atoms with Crippen molar-refractivity contribution in [2.45, 2.75) is 11.8 Å². The minimum Gasteiger partial charge on any atom is -0.489 e. The van der Waals surface area contributed by atoms with Crippen LogP contribution < -0.4 is 18.9 Å². The van der Waals surface area contributed by atoms with E-state index in [2.05, 4.69) is 50.6 Å². The van der Waals surface area contributed by atoms with Gasteiger partial charge >= 0.3 is 0 Å². The molecule has 0 heterocycles. The molecular weight excluding hydrogens is 520 g/mol. The molecule has 0 aliphatic carbocycles. The van der Waals surface area contributed by atoms with Gasteiger partial charge in [-0.25, -0.2) is 0 Å². The Labute approximate surface area is 249 Å². The van der Waals surface area contributed by atoms with Crippen LogP contribution in [0.3, 0.4) is 0 Å². The van der Waals surface area contributed by atoms with E-state index in [1.165, 1.54) is 0 Å². The van der Waals surface area contributed by atoms with Crippen molar-refractivity contribution in [3.05, 3.63) is 170 Å². The summed E-state index contributed by atoms with van der Waals surface area (Å²) in [5.74, 6) is 2.52. The third kappa shape index (κ3) is 7.21. The van der Waals surface area contributed by atoms with E-state index in [4.69, 9.17) is 18.9 Å². The molecule has 0 fully saturated rings. The highest BCUT2D eigenvalue weighted by molar-refractivity contribution is 5.57. The van der Waals surface area contributed by atoms with Crippen molar-refractivity contribution in [3.63, 3.8) is 0 Å². The maximum Gasteiger partial charge on any atom is 0.123 e. The summed E-state index contributed by atoms with van der Waals surface area (Å²) in [6.07, 6.45) is 7.00. The standard InChI is InChI=1S/C38H38O4/c1-5-25-39-33-21-13-9-17-29(33)37(30-18-10-14-22-34(30)40-26-6-2)38(31-19-11-15-23-35(31)41-27-7-3)32-20-12-16-24-36(32)42-28-8-4/h5-24,37-38H,1-4,25-28H2. The summed E-state index contributed by atoms with van der Waals surface area (Å²) in [6, 6.07) is 32.5. The maximum atomic E-state index is 6.26. The third-order valence-electron chi connectivity index (χ3n) is 6.78. The zero-order valence-corrected chi connectivity index (χ0v) is 24.0. The Morgan fingerprint density at radius 3 is 0.810 bits per heavy atom. The molecule has 0 saturated carbocycles. The average Bonchev–Trinajstić information content (AvgIpc) is 3.04. The number of hydrogen-bond donors (Lipinski definition) is 0. The van der Waals surface area contributed by atoms with Gasteiger partial charge in [0.15, 0.2) is 0 Å². The second-order valence-electron chi connectivity index (χ2n) is 9.51. The number of hydrogen-bond acceptors (Lipinski definition) is 4. The van der Waals surface area contributed by atoms with Gasteiger partial charge in [-0.15, -0.1) is 0 Å². The molecule has 4 aromatic carbocycles. The molecule has 4 heteroatoms. The lowest BCUT2D eigenvalue weighted by Gasteiger charge is -2.33. The zero-order chi connectivity index (χ0) is 29.6. The highest BCUT2D eigenvalue weighted by Gasteiger charge is 2.35. The van der Waals surface area contributed by atoms with Crippen LogP contribution in [0.1, 0.15) is 34.1 Å². The molecule has 4 aromatic rings. The quantitative estimate of drug-likeness (QED) is 0.121. The molecule has 0 bridgehead atoms. The van der Waals surface area contributed by atoms with E-state index in [1.54, 1.807) is 24.3 Å². The summed E-state index contributed by atoms with van der Waals surface area (Å²) in [4.78, 5) is 0. The first-order chi connectivity index (χ1) is 20.7. The Morgan fingerprint density at radius 2 is 0.595 bits per heavy atom. The zero-order valence-electron chi connectivity index (χ0n) is 24.0. The van der Waals surface area contributed by atoms with Crippen molar-refractivity contribution in [2.75, 3.05) is 26.4 Å². The van der Waals surface area contributed by atoms with Crippen molar-refractivity contribution in [2.24, 2.45) is 0 Å². The minimum absolute atomic E-state index is 0.269. The van der Waals surface area contributed by atoms with E-state index in [-0.39, 0.29) is 11.8 Å². The lowest BCUT2D eigenvalue weighted by Crippen LogP contribution is -2.19. The molecule has 4 nitrogen and oxygen atoms in total. The van der Waals surface area contributed by atoms with Gasteiger partial charge in [0.05, 0.1) is 0 Å². The van der Waals surface area contributed by atoms with E-state index in [0.717, 1.165) is 45.3 Å². The van der Waals surface area contributed by atoms with E-state index in [1.807, 2.05) is 72.8 Å². The molecule has 0 aliphatic rings. The largest absolute Gasteiger partial charge is 0.489 e. The van der Waals surface area contributed by atoms with Crippen molar-refractivity contribution >= 4 is 0 Å². The number of para-hydroxylation sites is 4. The summed E-state index contributed by atoms with van der Waals surface area (Å²) in [5.41, 5.74) is 3.99. The molecule has 0 unspecified atom stereocenters. The third-order valence-corrected chi connectivity index (χ3v) is 6.78. The van der Waals surface area contributed by atoms with Crippen molar-refractivity contribution < 1.29 is 18.9 Å². The fourth-order valence-electron chi connectivity index (χ4n) is 5.12. The molecule has 0 amide bonds. The lowest BCUT2D eigenvalue weighted by atomic mass is 9.72. The molecule has 0 aliphatic heterocycles. The SMILES string of the molecule is C=CCOc1ccccc1C(c1ccccc1OCC=C)C(c1ccccc1OCC=C)c1ccccc1OCC=C. The molecule has 42 heavy (non-hydrogen) atoms. The second kappa shape index (κ2) is 15.7. The Bertz CT molecular complexity index is 1260. The van der Waals surface area contributed by atoms with E-state index >= 15 is 0 Å². The predicted molar refractivity (Wildman–Crippen MR) is 172 cm³/mol. The summed E-state index contributed by atoms with van der Waals surface area (Å²) in [5, 5.41) is 0. The lowest BCUT2D eigenvalue weighted by molar-refractivity contribution is 0.340. The van der Waals surface area contributed by atoms with Gasteiger partial charge in [-0.1, -0.05) is 123 Å². The van der Waals surface area contributed by atoms with Crippen molar-refractivity contribution in [1.82, 2.24) is 0 Å². The van der Waals surface area contributed by atoms with Crippen LogP contribution in [0.15, 0.2) is 148 Å². The van der Waals surface area contributed by atoms with Crippen LogP contribution in [0.5, 0.6) is 23.0 Å². The first kappa shape index (κ1) is 30.0. The Kier molecular flexibility index (Phi) is 11.2. The molecule has 214 valence electrons. The van der Waals surface area contributed by atoms with E-state index < -0.39 is 0 Å². The summed E-state index contributed by atoms with van der Waals surface area (Å²) in [7, 11) is 0. The van der Waals surface area contributed by atoms with Crippen molar-refractivity contribution in [1.29, 1.82) is 0 Å². The van der Waals surface area contributed by atoms with Gasteiger partial charge in [0.25, 0.3) is 0 Å². The Hall–Kier alpha value is -4.96. The smallest absolute Gasteiger partial charge is 0.123 e. The molecular formula is C38H38O4. The van der Waals surface area contributed by atoms with Gasteiger partial charge in [0, 0.05) is 34.1 Å². The first-order valence-corrected chi connectivity index (χ1v) is 14.0. The average molecular weight is 559 g/mol. The highest BCUT2D eigenvalue weighted by atomic mass is 16.5. The fraction of sp³-hybridized carbons (Fsp3) is 0.158. The molecule has 0 N–H and O–H groups in total. The molecule has 0 aromatic heterocycles. The topological polar surface area (TPSA) is 36.9 Å². The summed E-state index contributed by atoms with van der Waals surface area (Å²) >= 11 is 0. The number of ether oxygens (including phenoxy) is 4. The normalized spacial score (nSPS) is 10.6. The van der Waals surface area contributed by atoms with Gasteiger partial charge in [0.1, 0.15) is 49.4 Å². The fourth-order valence-corrected chi connectivity index (χ4v) is 5.12.